The highest BCUT2D eigenvalue weighted by Gasteiger charge is 2.39. The van der Waals surface area contributed by atoms with Crippen LogP contribution in [0, 0.1) is 17.8 Å². The fraction of sp³-hybridized carbons (Fsp3) is 0.733. The Morgan fingerprint density at radius 2 is 1.57 bits per heavy atom. The average molecular weight is 859 g/mol. The van der Waals surface area contributed by atoms with E-state index in [0.717, 1.165) is 50.5 Å². The molecule has 61 heavy (non-hydrogen) atoms. The van der Waals surface area contributed by atoms with Gasteiger partial charge in [0.25, 0.3) is 0 Å². The van der Waals surface area contributed by atoms with E-state index in [0.29, 0.717) is 32.1 Å². The molecule has 6 amide bonds. The molecule has 1 aliphatic heterocycles. The van der Waals surface area contributed by atoms with Crippen molar-refractivity contribution < 1.29 is 48.1 Å². The first-order valence-corrected chi connectivity index (χ1v) is 22.5. The van der Waals surface area contributed by atoms with Crippen molar-refractivity contribution in [3.63, 3.8) is 0 Å². The van der Waals surface area contributed by atoms with Crippen molar-refractivity contribution in [2.45, 2.75) is 155 Å². The van der Waals surface area contributed by atoms with E-state index in [1.54, 1.807) is 33.0 Å². The number of unbranched alkanes of at least 4 members (excludes halogenated alkanes) is 3. The van der Waals surface area contributed by atoms with E-state index >= 15 is 0 Å². The lowest BCUT2D eigenvalue weighted by Gasteiger charge is -2.36. The van der Waals surface area contributed by atoms with E-state index in [1.807, 2.05) is 32.0 Å². The van der Waals surface area contributed by atoms with E-state index in [-0.39, 0.29) is 50.8 Å². The topological polar surface area (TPSA) is 214 Å². The van der Waals surface area contributed by atoms with E-state index < -0.39 is 78.5 Å². The van der Waals surface area contributed by atoms with Crippen LogP contribution in [0.15, 0.2) is 30.3 Å². The van der Waals surface area contributed by atoms with Gasteiger partial charge in [-0.15, -0.1) is 0 Å². The van der Waals surface area contributed by atoms with Gasteiger partial charge in [-0.25, -0.2) is 4.79 Å². The average Bonchev–Trinajstić information content (AvgIpc) is 3.25. The Kier molecular flexibility index (Phi) is 23.1. The highest BCUT2D eigenvalue weighted by atomic mass is 16.5. The van der Waals surface area contributed by atoms with Crippen LogP contribution in [-0.4, -0.2) is 122 Å². The van der Waals surface area contributed by atoms with Gasteiger partial charge in [0, 0.05) is 26.3 Å². The van der Waals surface area contributed by atoms with Gasteiger partial charge in [0.1, 0.15) is 30.8 Å². The van der Waals surface area contributed by atoms with Crippen LogP contribution in [0.3, 0.4) is 0 Å². The van der Waals surface area contributed by atoms with Crippen molar-refractivity contribution in [3.05, 3.63) is 35.9 Å². The van der Waals surface area contributed by atoms with E-state index in [9.17, 15) is 33.9 Å². The predicted molar refractivity (Wildman–Crippen MR) is 231 cm³/mol. The molecule has 0 radical (unpaired) electrons. The molecule has 0 unspecified atom stereocenters. The van der Waals surface area contributed by atoms with Crippen LogP contribution < -0.4 is 26.6 Å². The maximum absolute atomic E-state index is 14.5. The van der Waals surface area contributed by atoms with Crippen LogP contribution in [-0.2, 0) is 44.8 Å². The second-order valence-corrected chi connectivity index (χ2v) is 17.1. The van der Waals surface area contributed by atoms with Crippen molar-refractivity contribution in [2.24, 2.45) is 17.8 Å². The number of benzene rings is 1. The maximum atomic E-state index is 14.5. The Morgan fingerprint density at radius 3 is 2.25 bits per heavy atom. The lowest BCUT2D eigenvalue weighted by atomic mass is 9.83. The summed E-state index contributed by atoms with van der Waals surface area (Å²) in [6.07, 6.45) is 7.74. The zero-order valence-corrected chi connectivity index (χ0v) is 37.4. The van der Waals surface area contributed by atoms with Crippen molar-refractivity contribution in [2.75, 3.05) is 40.0 Å². The first-order valence-electron chi connectivity index (χ1n) is 22.5. The first-order chi connectivity index (χ1) is 29.2. The SMILES string of the molecule is CCCCCC[C@H]1OC[C@@H](C)NC(=O)[C@H](COCCCO)NC(=O)[C@H](CNC(=O)OCc2ccccc2)NC(=O)[C@H](C2CCCCC2)NC(=O)[C@H](CC(C)C)N(C)C(=O)[C@@H]1C. The van der Waals surface area contributed by atoms with Crippen molar-refractivity contribution >= 4 is 35.6 Å². The van der Waals surface area contributed by atoms with Crippen LogP contribution >= 0.6 is 0 Å². The van der Waals surface area contributed by atoms with Gasteiger partial charge in [-0.1, -0.05) is 103 Å². The fourth-order valence-electron chi connectivity index (χ4n) is 7.79. The Labute approximate surface area is 362 Å². The minimum atomic E-state index is -1.42. The Morgan fingerprint density at radius 1 is 0.885 bits per heavy atom. The summed E-state index contributed by atoms with van der Waals surface area (Å²) in [5.74, 6) is -3.63. The van der Waals surface area contributed by atoms with Gasteiger partial charge in [-0.05, 0) is 56.4 Å². The molecule has 16 heteroatoms. The number of aliphatic hydroxyl groups excluding tert-OH is 1. The van der Waals surface area contributed by atoms with Crippen LogP contribution in [0.25, 0.3) is 0 Å². The quantitative estimate of drug-likeness (QED) is 0.125. The molecule has 3 rings (SSSR count). The lowest BCUT2D eigenvalue weighted by Crippen LogP contribution is -2.62. The largest absolute Gasteiger partial charge is 0.445 e. The second-order valence-electron chi connectivity index (χ2n) is 17.1. The number of likely N-dealkylation sites (N-methyl/N-ethyl adjacent to an activating group) is 1. The molecule has 1 saturated carbocycles. The van der Waals surface area contributed by atoms with Gasteiger partial charge < -0.3 is 50.8 Å². The number of nitrogens with one attached hydrogen (secondary N) is 5. The van der Waals surface area contributed by atoms with Crippen molar-refractivity contribution in [3.8, 4) is 0 Å². The van der Waals surface area contributed by atoms with Crippen LogP contribution in [0.5, 0.6) is 0 Å². The first kappa shape index (κ1) is 51.1. The number of hydrogen-bond donors (Lipinski definition) is 6. The molecule has 7 atom stereocenters. The van der Waals surface area contributed by atoms with Gasteiger partial charge in [-0.3, -0.25) is 24.0 Å². The summed E-state index contributed by atoms with van der Waals surface area (Å²) < 4.78 is 17.5. The highest BCUT2D eigenvalue weighted by molar-refractivity contribution is 5.96. The molecule has 2 aliphatic rings. The van der Waals surface area contributed by atoms with E-state index in [2.05, 4.69) is 33.5 Å². The third-order valence-corrected chi connectivity index (χ3v) is 11.4. The van der Waals surface area contributed by atoms with Gasteiger partial charge in [0.05, 0.1) is 31.8 Å². The van der Waals surface area contributed by atoms with Crippen LogP contribution in [0.1, 0.15) is 117 Å². The van der Waals surface area contributed by atoms with Crippen molar-refractivity contribution in [1.82, 2.24) is 31.5 Å². The molecule has 16 nitrogen and oxygen atoms in total. The molecule has 0 spiro atoms. The monoisotopic (exact) mass is 859 g/mol. The summed E-state index contributed by atoms with van der Waals surface area (Å²) in [6.45, 7) is 8.95. The summed E-state index contributed by atoms with van der Waals surface area (Å²) in [6, 6.07) is 3.85. The second kappa shape index (κ2) is 27.6. The summed E-state index contributed by atoms with van der Waals surface area (Å²) in [5, 5.41) is 23.3. The molecular formula is C45H74N6O10. The third kappa shape index (κ3) is 17.9. The summed E-state index contributed by atoms with van der Waals surface area (Å²) in [4.78, 5) is 85.7. The highest BCUT2D eigenvalue weighted by Crippen LogP contribution is 2.28. The van der Waals surface area contributed by atoms with E-state index in [1.165, 1.54) is 4.90 Å². The summed E-state index contributed by atoms with van der Waals surface area (Å²) in [5.41, 5.74) is 0.747. The van der Waals surface area contributed by atoms with Crippen LogP contribution in [0.4, 0.5) is 4.79 Å². The predicted octanol–water partition coefficient (Wildman–Crippen LogP) is 3.73. The Balaban J connectivity index is 2.03. The number of rotatable bonds is 17. The molecule has 1 aromatic rings. The van der Waals surface area contributed by atoms with Gasteiger partial charge in [-0.2, -0.15) is 0 Å². The van der Waals surface area contributed by atoms with Gasteiger partial charge in [0.15, 0.2) is 0 Å². The zero-order valence-electron chi connectivity index (χ0n) is 37.4. The Hall–Kier alpha value is -4.28. The smallest absolute Gasteiger partial charge is 0.407 e. The molecule has 1 aliphatic carbocycles. The zero-order chi connectivity index (χ0) is 44.7. The minimum Gasteiger partial charge on any atom is -0.445 e. The molecule has 1 aromatic carbocycles. The Bertz CT molecular complexity index is 1510. The molecule has 0 bridgehead atoms. The number of aliphatic hydroxyl groups is 1. The number of carbonyl (C=O) groups is 6. The number of ether oxygens (including phenoxy) is 3. The third-order valence-electron chi connectivity index (χ3n) is 11.4. The fourth-order valence-corrected chi connectivity index (χ4v) is 7.79. The summed E-state index contributed by atoms with van der Waals surface area (Å²) in [7, 11) is 1.62. The standard InChI is InChI=1S/C45H74N6O10/c1-7-8-9-16-22-38-32(5)44(57)51(6)37(25-30(2)3)42(55)50-39(34-20-14-11-15-21-34)43(56)48-35(26-46-45(58)61-28-33-18-12-10-13-19-33)40(53)49-36(29-59-24-17-23-52)41(54)47-31(4)27-60-38/h10,12-13,18-19,30-32,34-39,52H,7-9,11,14-17,20-29H2,1-6H3,(H,46,58)(H,47,54)(H,48,56)(H,49,53)(H,50,55)/t31-,32-,35+,36+,37+,38-,39+/m1/s1. The minimum absolute atomic E-state index is 0.0248. The number of carbonyl (C=O) groups excluding carboxylic acids is 6. The van der Waals surface area contributed by atoms with E-state index in [4.69, 9.17) is 14.2 Å². The van der Waals surface area contributed by atoms with Crippen molar-refractivity contribution in [1.29, 1.82) is 0 Å². The molecule has 6 N–H and O–H groups in total. The molecule has 344 valence electrons. The number of alkyl carbamates (subject to hydrolysis) is 1. The van der Waals surface area contributed by atoms with Gasteiger partial charge in [0.2, 0.25) is 29.5 Å². The normalized spacial score (nSPS) is 25.7. The molecule has 0 aromatic heterocycles. The lowest BCUT2D eigenvalue weighted by molar-refractivity contribution is -0.147. The maximum Gasteiger partial charge on any atom is 0.407 e. The van der Waals surface area contributed by atoms with Gasteiger partial charge >= 0.3 is 6.09 Å². The molecule has 1 heterocycles. The van der Waals surface area contributed by atoms with Crippen LogP contribution in [0.2, 0.25) is 0 Å². The molecular weight excluding hydrogens is 785 g/mol. The summed E-state index contributed by atoms with van der Waals surface area (Å²) >= 11 is 0. The number of hydrogen-bond acceptors (Lipinski definition) is 10. The molecule has 2 fully saturated rings. The number of amides is 6. The molecule has 1 saturated heterocycles. The number of nitrogens with zero attached hydrogens (tertiary/aromatic N) is 1.